The summed E-state index contributed by atoms with van der Waals surface area (Å²) in [6.45, 7) is 21.2. The second kappa shape index (κ2) is 61.3. The van der Waals surface area contributed by atoms with Crippen LogP contribution in [0.3, 0.4) is 0 Å². The number of aliphatic carboxylic acids is 1. The quantitative estimate of drug-likeness (QED) is 0.00501. The fourth-order valence-electron chi connectivity index (χ4n) is 19.6. The number of benzene rings is 2. The molecule has 10 rings (SSSR count). The number of carbonyl (C=O) groups is 8. The first kappa shape index (κ1) is 121. The van der Waals surface area contributed by atoms with Crippen LogP contribution in [0.25, 0.3) is 10.9 Å². The number of aromatic nitrogens is 2. The zero-order valence-corrected chi connectivity index (χ0v) is 85.5. The van der Waals surface area contributed by atoms with Gasteiger partial charge in [-0.1, -0.05) is 94.8 Å². The third kappa shape index (κ3) is 33.8. The van der Waals surface area contributed by atoms with Gasteiger partial charge in [0.2, 0.25) is 11.8 Å². The van der Waals surface area contributed by atoms with Crippen LogP contribution in [0, 0.1) is 18.3 Å². The Hall–Kier alpha value is -8.01. The maximum absolute atomic E-state index is 15.2. The zero-order chi connectivity index (χ0) is 103. The van der Waals surface area contributed by atoms with Gasteiger partial charge in [-0.15, -0.1) is 0 Å². The molecule has 788 valence electrons. The van der Waals surface area contributed by atoms with Gasteiger partial charge >= 0.3 is 36.0 Å². The van der Waals surface area contributed by atoms with Crippen molar-refractivity contribution in [1.82, 2.24) is 30.4 Å². The summed E-state index contributed by atoms with van der Waals surface area (Å²) in [7, 11) is 10.9. The Kier molecular flexibility index (Phi) is 52.9. The molecule has 19 atom stereocenters. The number of methoxy groups -OCH3 is 4. The largest absolute Gasteiger partial charge is 0.481 e. The van der Waals surface area contributed by atoms with Gasteiger partial charge in [-0.3, -0.25) is 43.4 Å². The monoisotopic (exact) mass is 2010 g/mol. The van der Waals surface area contributed by atoms with E-state index in [1.165, 1.54) is 57.6 Å². The molecule has 2 saturated heterocycles. The molecule has 38 nitrogen and oxygen atoms in total. The number of carboxylic acids is 1. The highest BCUT2D eigenvalue weighted by molar-refractivity contribution is 8.76. The lowest BCUT2D eigenvalue weighted by molar-refractivity contribution is -0.202. The topological polar surface area (TPSA) is 526 Å². The third-order valence-corrected chi connectivity index (χ3v) is 29.2. The molecule has 140 heavy (non-hydrogen) atoms. The Balaban J connectivity index is 0.000000391. The van der Waals surface area contributed by atoms with E-state index in [2.05, 4.69) is 112 Å². The van der Waals surface area contributed by atoms with Crippen LogP contribution in [0.4, 0.5) is 5.69 Å². The molecule has 3 fully saturated rings. The SMILES string of the molecule is CCC(CO)OC(CO)OC.CCC(CO)OC(COC(=O)CCCC(=O)NC(C)C(=O)OCCCCC(=O)[C@]1(O)C2N(C)c3cc(C)c([C@@]4(C)C[C@@H]5CN(CCc6c4[nH]c4ccccc64)CC(O)(CC)C5)cc3C23CCN2CC=C[C@](CC)(C23)[C@H]1O)OC.CCC(CO)OC(COC(=O)CCCC(=O)NCCSSc1ccccn1)OC.CCC(CO)OC(COC(=O)CCCC(=O)O)OC.O=C=O. The molecule has 2 aromatic heterocycles. The third-order valence-electron chi connectivity index (χ3n) is 26.9. The normalized spacial score (nSPS) is 23.8. The van der Waals surface area contributed by atoms with E-state index in [0.717, 1.165) is 72.0 Å². The van der Waals surface area contributed by atoms with Crippen molar-refractivity contribution >= 4 is 91.8 Å². The Morgan fingerprint density at radius 3 is 1.69 bits per heavy atom. The number of esters is 4. The number of unbranched alkanes of at least 4 members (excludes halogenated alkanes) is 1. The maximum atomic E-state index is 15.2. The van der Waals surface area contributed by atoms with Crippen LogP contribution in [0.15, 0.2) is 78.0 Å². The van der Waals surface area contributed by atoms with Crippen LogP contribution in [-0.4, -0.2) is 344 Å². The lowest BCUT2D eigenvalue weighted by Crippen LogP contribution is -2.80. The van der Waals surface area contributed by atoms with E-state index in [1.54, 1.807) is 27.8 Å². The minimum Gasteiger partial charge on any atom is -0.481 e. The molecule has 7 heterocycles. The Morgan fingerprint density at radius 2 is 1.18 bits per heavy atom. The van der Waals surface area contributed by atoms with Crippen molar-refractivity contribution in [2.75, 3.05) is 145 Å². The number of nitrogens with one attached hydrogen (secondary N) is 3. The van der Waals surface area contributed by atoms with E-state index in [-0.39, 0.29) is 166 Å². The van der Waals surface area contributed by atoms with Crippen LogP contribution < -0.4 is 15.5 Å². The van der Waals surface area contributed by atoms with Crippen LogP contribution in [-0.2, 0) is 122 Å². The number of pyridine rings is 1. The summed E-state index contributed by atoms with van der Waals surface area (Å²) in [6.07, 6.45) is 8.95. The van der Waals surface area contributed by atoms with E-state index in [0.29, 0.717) is 77.4 Å². The number of carboxylic acid groups (broad SMARTS) is 1. The minimum atomic E-state index is -2.17. The number of piperidine rings is 1. The van der Waals surface area contributed by atoms with E-state index < -0.39 is 118 Å². The van der Waals surface area contributed by atoms with Crippen LogP contribution in [0.5, 0.6) is 0 Å². The number of H-pyrrole nitrogens is 1. The molecule has 6 aliphatic rings. The van der Waals surface area contributed by atoms with Gasteiger partial charge in [0.1, 0.15) is 37.0 Å². The molecule has 40 heteroatoms. The number of para-hydroxylation sites is 1. The number of anilines is 1. The molecular weight excluding hydrogens is 1860 g/mol. The van der Waals surface area contributed by atoms with Crippen LogP contribution in [0.1, 0.15) is 218 Å². The van der Waals surface area contributed by atoms with Crippen molar-refractivity contribution in [3.05, 3.63) is 101 Å². The molecule has 4 aromatic rings. The number of nitrogens with zero attached hydrogens (tertiary/aromatic N) is 4. The van der Waals surface area contributed by atoms with Gasteiger partial charge in [0.15, 0.2) is 36.5 Å². The molecule has 1 saturated carbocycles. The average molecular weight is 2020 g/mol. The fraction of sp³-hybridized carbons (Fsp3) is 0.700. The first-order valence-electron chi connectivity index (χ1n) is 48.8. The molecular formula is C100H155N7O31S2. The standard InChI is InChI=1S/C61H87N5O12.C19H30N2O6S2.C12H22O7.C7H16O4.CO2/c1-9-41(35-67)78-51(75-8)36-77-50(70)22-16-21-49(69)62-39(5)53(71)76-29-15-14-20-48(68)61(74)55-60(25-28-66-26-17-24-59(11-3,54(60)66)56(61)72)45-31-44(38(4)30-47(45)64(55)7)57(6)32-40-33-58(73,10-2)37-65(34-40)27-23-43-42-18-12-13-19-46(42)63-52(43)57;1-3-15(13-22)27-19(25-2)14-26-18(24)9-6-7-16(23)20-11-12-28-29-17-8-4-5-10-21-17;1-3-9(7-13)19-12(17-2)8-18-11(16)6-4-5-10(14)15;1-3-6(4-8)11-7(5-9)10-2;2-1-3/h12-13,17-19,24,30-31,39-41,51,54-56,63,67,72-74H,9-11,14-16,20-23,25-29,32-37H2,1-8H3,(H,62,69);4-5,8,10,15,19,22H,3,6-7,9,11-14H2,1-2H3,(H,20,23);9,12-13H,3-8H2,1-2H3,(H,14,15);6-9H,3-5H2,1-2H3;/t39?,40-,41?,51?,54?,55?,56+,57+,58?,59+,60?,61-;;;;/m0..../s1. The van der Waals surface area contributed by atoms with Gasteiger partial charge in [-0.2, -0.15) is 9.59 Å². The Labute approximate surface area is 830 Å². The zero-order valence-electron chi connectivity index (χ0n) is 83.9. The number of carbonyl (C=O) groups excluding carboxylic acids is 9. The Bertz CT molecular complexity index is 4490. The predicted molar refractivity (Wildman–Crippen MR) is 520 cm³/mol. The highest BCUT2D eigenvalue weighted by Crippen LogP contribution is 2.67. The number of ketones is 1. The fourth-order valence-corrected chi connectivity index (χ4v) is 21.4. The summed E-state index contributed by atoms with van der Waals surface area (Å²) in [6, 6.07) is 17.1. The van der Waals surface area contributed by atoms with Gasteiger partial charge in [-0.05, 0) is 187 Å². The highest BCUT2D eigenvalue weighted by Gasteiger charge is 2.78. The number of aromatic amines is 1. The summed E-state index contributed by atoms with van der Waals surface area (Å²) in [5.41, 5.74) is 2.93. The second-order valence-electron chi connectivity index (χ2n) is 36.3. The number of amides is 2. The number of Topliss-reactive ketones (excluding diaryl/α,β-unsaturated/α-hetero) is 1. The number of likely N-dealkylation sites (N-methyl/N-ethyl adjacent to an activating group) is 1. The summed E-state index contributed by atoms with van der Waals surface area (Å²) >= 11 is 0. The smallest absolute Gasteiger partial charge is 0.373 e. The summed E-state index contributed by atoms with van der Waals surface area (Å²) < 4.78 is 62.3. The van der Waals surface area contributed by atoms with Crippen molar-refractivity contribution < 1.29 is 151 Å². The molecule has 1 aliphatic carbocycles. The Morgan fingerprint density at radius 1 is 0.636 bits per heavy atom. The number of ether oxygens (including phenoxy) is 12. The lowest BCUT2D eigenvalue weighted by atomic mass is 9.47. The van der Waals surface area contributed by atoms with Crippen LogP contribution in [0.2, 0.25) is 0 Å². The number of aliphatic hydroxyl groups excluding tert-OH is 6. The second-order valence-corrected chi connectivity index (χ2v) is 38.7. The number of hydrogen-bond acceptors (Lipinski definition) is 36. The highest BCUT2D eigenvalue weighted by atomic mass is 33.1. The number of aryl methyl sites for hydroxylation is 1. The lowest BCUT2D eigenvalue weighted by Gasteiger charge is -2.63. The first-order valence-corrected chi connectivity index (χ1v) is 51.1. The van der Waals surface area contributed by atoms with Crippen LogP contribution >= 0.6 is 21.6 Å². The molecule has 2 amide bonds. The summed E-state index contributed by atoms with van der Waals surface area (Å²) in [5, 5.41) is 99.4. The summed E-state index contributed by atoms with van der Waals surface area (Å²) in [4.78, 5) is 130. The van der Waals surface area contributed by atoms with E-state index >= 15 is 4.79 Å². The van der Waals surface area contributed by atoms with Crippen molar-refractivity contribution in [1.29, 1.82) is 0 Å². The molecule has 0 radical (unpaired) electrons. The predicted octanol–water partition coefficient (Wildman–Crippen LogP) is 7.77. The van der Waals surface area contributed by atoms with Crippen molar-refractivity contribution in [2.24, 2.45) is 11.3 Å². The van der Waals surface area contributed by atoms with Crippen molar-refractivity contribution in [2.45, 2.75) is 304 Å². The first-order chi connectivity index (χ1) is 67.1. The van der Waals surface area contributed by atoms with Crippen molar-refractivity contribution in [3.8, 4) is 0 Å². The van der Waals surface area contributed by atoms with Gasteiger partial charge in [-0.25, -0.2) is 9.78 Å². The van der Waals surface area contributed by atoms with Crippen molar-refractivity contribution in [3.63, 3.8) is 0 Å². The maximum Gasteiger partial charge on any atom is 0.373 e. The van der Waals surface area contributed by atoms with E-state index in [1.807, 2.05) is 52.9 Å². The van der Waals surface area contributed by atoms with Gasteiger partial charge in [0, 0.05) is 170 Å². The van der Waals surface area contributed by atoms with E-state index in [9.17, 15) is 54.0 Å². The van der Waals surface area contributed by atoms with E-state index in [4.69, 9.17) is 92.0 Å². The van der Waals surface area contributed by atoms with Gasteiger partial charge in [0.25, 0.3) is 0 Å². The molecule has 1 spiro atoms. The minimum absolute atomic E-state index is 0.0183. The molecule has 2 aromatic carbocycles. The van der Waals surface area contributed by atoms with Gasteiger partial charge in [0.05, 0.1) is 75.7 Å². The molecule has 12 N–H and O–H groups in total. The number of fused-ring (bicyclic) bond motifs is 6. The molecule has 5 aliphatic heterocycles. The number of hydrogen-bond donors (Lipinski definition) is 12. The average Bonchev–Trinajstić information content (AvgIpc) is 1.47. The summed E-state index contributed by atoms with van der Waals surface area (Å²) in [5.74, 6) is -3.02. The number of rotatable bonds is 55. The number of aliphatic hydroxyl groups is 8. The van der Waals surface area contributed by atoms with Gasteiger partial charge < -0.3 is 123 Å². The molecule has 2 bridgehead atoms. The molecule has 14 unspecified atom stereocenters.